The third-order valence-corrected chi connectivity index (χ3v) is 4.15. The van der Waals surface area contributed by atoms with E-state index in [-0.39, 0.29) is 42.5 Å². The molecule has 3 rings (SSSR count). The van der Waals surface area contributed by atoms with Gasteiger partial charge in [0.25, 0.3) is 0 Å². The molecule has 0 N–H and O–H groups in total. The number of halogens is 1. The van der Waals surface area contributed by atoms with Crippen molar-refractivity contribution in [3.05, 3.63) is 64.0 Å². The van der Waals surface area contributed by atoms with Crippen LogP contribution >= 0.6 is 0 Å². The summed E-state index contributed by atoms with van der Waals surface area (Å²) in [5.74, 6) is -1.63. The molecule has 1 aliphatic heterocycles. The van der Waals surface area contributed by atoms with Crippen LogP contribution in [-0.4, -0.2) is 34.6 Å². The van der Waals surface area contributed by atoms with Crippen LogP contribution in [0.5, 0.6) is 11.5 Å². The molecule has 1 heterocycles. The smallest absolute Gasteiger partial charge is 0.360 e. The molecule has 1 aliphatic rings. The van der Waals surface area contributed by atoms with Gasteiger partial charge in [0.15, 0.2) is 0 Å². The quantitative estimate of drug-likeness (QED) is 0.318. The summed E-state index contributed by atoms with van der Waals surface area (Å²) < 4.78 is 23.1. The zero-order valence-electron chi connectivity index (χ0n) is 15.3. The summed E-state index contributed by atoms with van der Waals surface area (Å²) >= 11 is 0. The molecule has 0 saturated carbocycles. The highest BCUT2D eigenvalue weighted by Crippen LogP contribution is 2.31. The first kappa shape index (κ1) is 19.9. The number of benzene rings is 2. The van der Waals surface area contributed by atoms with Gasteiger partial charge in [-0.25, -0.2) is 14.2 Å². The molecule has 0 fully saturated rings. The van der Waals surface area contributed by atoms with Crippen LogP contribution in [0.4, 0.5) is 10.1 Å². The number of carbonyl (C=O) groups excluding carboxylic acids is 2. The summed E-state index contributed by atoms with van der Waals surface area (Å²) in [7, 11) is 1.36. The van der Waals surface area contributed by atoms with E-state index in [4.69, 9.17) is 9.47 Å². The number of hydrazone groups is 1. The highest BCUT2D eigenvalue weighted by molar-refractivity contribution is 6.37. The molecule has 9 nitrogen and oxygen atoms in total. The zero-order chi connectivity index (χ0) is 21.0. The SMILES string of the molecule is COc1ccc(OC(=O)C2=NN(Cc3ccc(F)cc3)C(=O)CC2)c([N+](=O)[O-])c1. The lowest BCUT2D eigenvalue weighted by molar-refractivity contribution is -0.385. The fourth-order valence-corrected chi connectivity index (χ4v) is 2.65. The number of ether oxygens (including phenoxy) is 2. The number of carbonyl (C=O) groups is 2. The number of nitro groups is 1. The molecule has 0 atom stereocenters. The number of methoxy groups -OCH3 is 1. The highest BCUT2D eigenvalue weighted by atomic mass is 19.1. The van der Waals surface area contributed by atoms with E-state index in [1.54, 1.807) is 0 Å². The van der Waals surface area contributed by atoms with Crippen molar-refractivity contribution in [3.63, 3.8) is 0 Å². The van der Waals surface area contributed by atoms with Gasteiger partial charge in [-0.15, -0.1) is 0 Å². The van der Waals surface area contributed by atoms with Crippen LogP contribution in [0.1, 0.15) is 18.4 Å². The first-order chi connectivity index (χ1) is 13.9. The van der Waals surface area contributed by atoms with Gasteiger partial charge in [0.05, 0.1) is 24.6 Å². The Balaban J connectivity index is 1.79. The van der Waals surface area contributed by atoms with Crippen molar-refractivity contribution in [1.82, 2.24) is 5.01 Å². The fraction of sp³-hybridized carbons (Fsp3) is 0.211. The van der Waals surface area contributed by atoms with Gasteiger partial charge in [-0.2, -0.15) is 5.10 Å². The highest BCUT2D eigenvalue weighted by Gasteiger charge is 2.28. The van der Waals surface area contributed by atoms with Gasteiger partial charge in [0, 0.05) is 12.8 Å². The van der Waals surface area contributed by atoms with Crippen molar-refractivity contribution >= 4 is 23.3 Å². The minimum absolute atomic E-state index is 0.0276. The summed E-state index contributed by atoms with van der Waals surface area (Å²) in [6.07, 6.45) is 0.0708. The van der Waals surface area contributed by atoms with Crippen molar-refractivity contribution in [2.75, 3.05) is 7.11 Å². The van der Waals surface area contributed by atoms with Crippen molar-refractivity contribution in [3.8, 4) is 11.5 Å². The third kappa shape index (κ3) is 4.72. The lowest BCUT2D eigenvalue weighted by Crippen LogP contribution is -2.35. The van der Waals surface area contributed by atoms with Crippen LogP contribution in [-0.2, 0) is 16.1 Å². The van der Waals surface area contributed by atoms with E-state index in [2.05, 4.69) is 5.10 Å². The van der Waals surface area contributed by atoms with Crippen LogP contribution < -0.4 is 9.47 Å². The van der Waals surface area contributed by atoms with Crippen LogP contribution in [0.25, 0.3) is 0 Å². The van der Waals surface area contributed by atoms with Crippen molar-refractivity contribution < 1.29 is 28.4 Å². The number of nitrogens with zero attached hydrogens (tertiary/aromatic N) is 3. The lowest BCUT2D eigenvalue weighted by atomic mass is 10.1. The van der Waals surface area contributed by atoms with E-state index in [1.807, 2.05) is 0 Å². The standard InChI is InChI=1S/C19H16FN3O6/c1-28-14-6-8-17(16(10-14)23(26)27)29-19(25)15-7-9-18(24)22(21-15)11-12-2-4-13(20)5-3-12/h2-6,8,10H,7,9,11H2,1H3. The maximum Gasteiger partial charge on any atom is 0.360 e. The largest absolute Gasteiger partial charge is 0.496 e. The van der Waals surface area contributed by atoms with Gasteiger partial charge in [0.1, 0.15) is 17.3 Å². The monoisotopic (exact) mass is 401 g/mol. The maximum absolute atomic E-state index is 13.0. The van der Waals surface area contributed by atoms with E-state index in [0.717, 1.165) is 11.1 Å². The number of esters is 1. The van der Waals surface area contributed by atoms with E-state index < -0.39 is 22.4 Å². The Morgan fingerprint density at radius 1 is 1.24 bits per heavy atom. The molecule has 0 aliphatic carbocycles. The van der Waals surface area contributed by atoms with Crippen molar-refractivity contribution in [2.24, 2.45) is 5.10 Å². The first-order valence-corrected chi connectivity index (χ1v) is 8.54. The second kappa shape index (κ2) is 8.46. The summed E-state index contributed by atoms with van der Waals surface area (Å²) in [4.78, 5) is 35.1. The Morgan fingerprint density at radius 3 is 2.62 bits per heavy atom. The van der Waals surface area contributed by atoms with Gasteiger partial charge < -0.3 is 9.47 Å². The number of nitro benzene ring substituents is 1. The van der Waals surface area contributed by atoms with Gasteiger partial charge in [-0.1, -0.05) is 12.1 Å². The molecule has 0 aromatic heterocycles. The average molecular weight is 401 g/mol. The average Bonchev–Trinajstić information content (AvgIpc) is 2.71. The second-order valence-electron chi connectivity index (χ2n) is 6.10. The van der Waals surface area contributed by atoms with Crippen LogP contribution in [0.3, 0.4) is 0 Å². The zero-order valence-corrected chi connectivity index (χ0v) is 15.3. The summed E-state index contributed by atoms with van der Waals surface area (Å²) in [6, 6.07) is 9.33. The lowest BCUT2D eigenvalue weighted by Gasteiger charge is -2.22. The Labute approximate surface area is 164 Å². The van der Waals surface area contributed by atoms with Crippen LogP contribution in [0, 0.1) is 15.9 Å². The number of hydrogen-bond acceptors (Lipinski definition) is 7. The molecule has 2 aromatic carbocycles. The summed E-state index contributed by atoms with van der Waals surface area (Å²) in [5, 5.41) is 16.3. The summed E-state index contributed by atoms with van der Waals surface area (Å²) in [5.41, 5.74) is 0.147. The third-order valence-electron chi connectivity index (χ3n) is 4.15. The van der Waals surface area contributed by atoms with Gasteiger partial charge in [0.2, 0.25) is 11.7 Å². The number of rotatable bonds is 6. The molecular formula is C19H16FN3O6. The molecular weight excluding hydrogens is 385 g/mol. The maximum atomic E-state index is 13.0. The predicted molar refractivity (Wildman–Crippen MR) is 98.9 cm³/mol. The molecule has 29 heavy (non-hydrogen) atoms. The summed E-state index contributed by atoms with van der Waals surface area (Å²) in [6.45, 7) is 0.0541. The van der Waals surface area contributed by atoms with Gasteiger partial charge >= 0.3 is 11.7 Å². The fourth-order valence-electron chi connectivity index (χ4n) is 2.65. The first-order valence-electron chi connectivity index (χ1n) is 8.54. The predicted octanol–water partition coefficient (Wildman–Crippen LogP) is 2.83. The Bertz CT molecular complexity index is 990. The molecule has 10 heteroatoms. The molecule has 1 amide bonds. The van der Waals surface area contributed by atoms with E-state index >= 15 is 0 Å². The molecule has 2 aromatic rings. The van der Waals surface area contributed by atoms with Crippen LogP contribution in [0.2, 0.25) is 0 Å². The number of hydrogen-bond donors (Lipinski definition) is 0. The van der Waals surface area contributed by atoms with Crippen molar-refractivity contribution in [1.29, 1.82) is 0 Å². The van der Waals surface area contributed by atoms with E-state index in [0.29, 0.717) is 5.56 Å². The molecule has 0 spiro atoms. The molecule has 150 valence electrons. The Kier molecular flexibility index (Phi) is 5.82. The molecule has 0 radical (unpaired) electrons. The normalized spacial score (nSPS) is 13.7. The van der Waals surface area contributed by atoms with E-state index in [9.17, 15) is 24.1 Å². The molecule has 0 unspecified atom stereocenters. The van der Waals surface area contributed by atoms with Gasteiger partial charge in [-0.3, -0.25) is 14.9 Å². The molecule has 0 bridgehead atoms. The number of amides is 1. The minimum atomic E-state index is -0.894. The van der Waals surface area contributed by atoms with Crippen LogP contribution in [0.15, 0.2) is 47.6 Å². The minimum Gasteiger partial charge on any atom is -0.496 e. The Hall–Kier alpha value is -3.82. The molecule has 0 saturated heterocycles. The second-order valence-corrected chi connectivity index (χ2v) is 6.10. The topological polar surface area (TPSA) is 111 Å². The van der Waals surface area contributed by atoms with Gasteiger partial charge in [-0.05, 0) is 29.8 Å². The van der Waals surface area contributed by atoms with Crippen molar-refractivity contribution in [2.45, 2.75) is 19.4 Å². The van der Waals surface area contributed by atoms with E-state index in [1.165, 1.54) is 43.5 Å². The Morgan fingerprint density at radius 2 is 1.97 bits per heavy atom.